The molecular weight excluding hydrogens is 184 g/mol. The van der Waals surface area contributed by atoms with Crippen LogP contribution in [0.3, 0.4) is 0 Å². The highest BCUT2D eigenvalue weighted by atomic mass is 35.5. The van der Waals surface area contributed by atoms with Crippen LogP contribution in [0.4, 0.5) is 8.78 Å². The summed E-state index contributed by atoms with van der Waals surface area (Å²) in [6, 6.07) is 2.07. The van der Waals surface area contributed by atoms with E-state index in [9.17, 15) is 8.78 Å². The zero-order valence-electron chi connectivity index (χ0n) is 6.50. The monoisotopic (exact) mass is 191 g/mol. The molecule has 0 unspecified atom stereocenters. The summed E-state index contributed by atoms with van der Waals surface area (Å²) >= 11 is 5.63. The minimum Gasteiger partial charge on any atom is -0.316 e. The van der Waals surface area contributed by atoms with Crippen molar-refractivity contribution in [3.8, 4) is 0 Å². The lowest BCUT2D eigenvalue weighted by molar-refractivity contribution is 0.506. The molecule has 4 heteroatoms. The summed E-state index contributed by atoms with van der Waals surface area (Å²) < 4.78 is 25.1. The number of halogens is 3. The Labute approximate surface area is 74.3 Å². The molecule has 0 amide bonds. The molecule has 1 aromatic carbocycles. The molecular formula is C8H8ClF2N. The molecule has 0 saturated heterocycles. The highest BCUT2D eigenvalue weighted by molar-refractivity contribution is 6.31. The van der Waals surface area contributed by atoms with E-state index in [4.69, 9.17) is 11.6 Å². The van der Waals surface area contributed by atoms with Gasteiger partial charge in [-0.25, -0.2) is 8.78 Å². The molecule has 66 valence electrons. The van der Waals surface area contributed by atoms with E-state index in [2.05, 4.69) is 5.32 Å². The minimum atomic E-state index is -0.917. The third-order valence-corrected chi connectivity index (χ3v) is 1.81. The summed E-state index contributed by atoms with van der Waals surface area (Å²) in [6.07, 6.45) is 0. The van der Waals surface area contributed by atoms with Crippen LogP contribution in [0.5, 0.6) is 0 Å². The van der Waals surface area contributed by atoms with E-state index < -0.39 is 11.6 Å². The van der Waals surface area contributed by atoms with Crippen molar-refractivity contribution >= 4 is 11.6 Å². The fourth-order valence-electron chi connectivity index (χ4n) is 0.890. The number of rotatable bonds is 2. The molecule has 1 nitrogen and oxygen atoms in total. The largest absolute Gasteiger partial charge is 0.316 e. The molecule has 1 aromatic rings. The fraction of sp³-hybridized carbons (Fsp3) is 0.250. The van der Waals surface area contributed by atoms with Crippen LogP contribution in [0.1, 0.15) is 5.56 Å². The molecule has 0 aliphatic carbocycles. The van der Waals surface area contributed by atoms with Gasteiger partial charge in [-0.3, -0.25) is 0 Å². The van der Waals surface area contributed by atoms with Crippen LogP contribution in [-0.4, -0.2) is 7.05 Å². The smallest absolute Gasteiger partial charge is 0.160 e. The van der Waals surface area contributed by atoms with Gasteiger partial charge in [0.05, 0.1) is 0 Å². The Morgan fingerprint density at radius 2 is 1.92 bits per heavy atom. The van der Waals surface area contributed by atoms with Gasteiger partial charge in [-0.2, -0.15) is 0 Å². The third-order valence-electron chi connectivity index (χ3n) is 1.46. The number of hydrogen-bond donors (Lipinski definition) is 1. The van der Waals surface area contributed by atoms with Crippen LogP contribution >= 0.6 is 11.6 Å². The highest BCUT2D eigenvalue weighted by Gasteiger charge is 2.06. The normalized spacial score (nSPS) is 10.3. The molecule has 1 rings (SSSR count). The first-order valence-electron chi connectivity index (χ1n) is 3.43. The van der Waals surface area contributed by atoms with Crippen LogP contribution in [0.15, 0.2) is 12.1 Å². The summed E-state index contributed by atoms with van der Waals surface area (Å²) in [6.45, 7) is 0.427. The number of hydrogen-bond acceptors (Lipinski definition) is 1. The molecule has 0 bridgehead atoms. The lowest BCUT2D eigenvalue weighted by Gasteiger charge is -2.03. The molecule has 0 heterocycles. The predicted molar refractivity (Wildman–Crippen MR) is 44.1 cm³/mol. The first-order valence-corrected chi connectivity index (χ1v) is 3.81. The van der Waals surface area contributed by atoms with Crippen molar-refractivity contribution in [2.24, 2.45) is 0 Å². The summed E-state index contributed by atoms with van der Waals surface area (Å²) in [5, 5.41) is 3.04. The van der Waals surface area contributed by atoms with Gasteiger partial charge < -0.3 is 5.32 Å². The quantitative estimate of drug-likeness (QED) is 0.708. The van der Waals surface area contributed by atoms with E-state index in [0.717, 1.165) is 12.1 Å². The Morgan fingerprint density at radius 1 is 1.33 bits per heavy atom. The molecule has 12 heavy (non-hydrogen) atoms. The SMILES string of the molecule is CNCc1cc(F)c(F)cc1Cl. The van der Waals surface area contributed by atoms with Gasteiger partial charge in [-0.05, 0) is 24.7 Å². The van der Waals surface area contributed by atoms with Crippen molar-refractivity contribution in [2.75, 3.05) is 7.05 Å². The van der Waals surface area contributed by atoms with Crippen molar-refractivity contribution in [3.63, 3.8) is 0 Å². The Morgan fingerprint density at radius 3 is 2.50 bits per heavy atom. The van der Waals surface area contributed by atoms with Gasteiger partial charge in [0, 0.05) is 11.6 Å². The van der Waals surface area contributed by atoms with Gasteiger partial charge in [0.1, 0.15) is 0 Å². The van der Waals surface area contributed by atoms with E-state index in [0.29, 0.717) is 12.1 Å². The average molecular weight is 192 g/mol. The Balaban J connectivity index is 3.05. The first kappa shape index (κ1) is 9.42. The van der Waals surface area contributed by atoms with Gasteiger partial charge >= 0.3 is 0 Å². The van der Waals surface area contributed by atoms with Gasteiger partial charge in [0.25, 0.3) is 0 Å². The molecule has 1 N–H and O–H groups in total. The molecule has 0 fully saturated rings. The Bertz CT molecular complexity index is 289. The van der Waals surface area contributed by atoms with Crippen LogP contribution in [0.25, 0.3) is 0 Å². The first-order chi connectivity index (χ1) is 5.65. The van der Waals surface area contributed by atoms with Crippen molar-refractivity contribution < 1.29 is 8.78 Å². The molecule has 0 aliphatic heterocycles. The van der Waals surface area contributed by atoms with E-state index in [1.54, 1.807) is 7.05 Å². The van der Waals surface area contributed by atoms with Crippen LogP contribution in [0, 0.1) is 11.6 Å². The van der Waals surface area contributed by atoms with Gasteiger partial charge in [-0.1, -0.05) is 11.6 Å². The van der Waals surface area contributed by atoms with Crippen molar-refractivity contribution in [2.45, 2.75) is 6.54 Å². The average Bonchev–Trinajstić information content (AvgIpc) is 2.01. The highest BCUT2D eigenvalue weighted by Crippen LogP contribution is 2.19. The molecule has 0 saturated carbocycles. The van der Waals surface area contributed by atoms with Crippen molar-refractivity contribution in [3.05, 3.63) is 34.4 Å². The maximum atomic E-state index is 12.6. The standard InChI is InChI=1S/C8H8ClF2N/c1-12-4-5-2-7(10)8(11)3-6(5)9/h2-3,12H,4H2,1H3. The van der Waals surface area contributed by atoms with Gasteiger partial charge in [0.2, 0.25) is 0 Å². The zero-order chi connectivity index (χ0) is 9.14. The van der Waals surface area contributed by atoms with Crippen LogP contribution in [0.2, 0.25) is 5.02 Å². The summed E-state index contributed by atoms with van der Waals surface area (Å²) in [7, 11) is 1.71. The van der Waals surface area contributed by atoms with Gasteiger partial charge in [-0.15, -0.1) is 0 Å². The zero-order valence-corrected chi connectivity index (χ0v) is 7.25. The predicted octanol–water partition coefficient (Wildman–Crippen LogP) is 2.34. The van der Waals surface area contributed by atoms with E-state index in [1.807, 2.05) is 0 Å². The summed E-state index contributed by atoms with van der Waals surface area (Å²) in [5.41, 5.74) is 0.554. The van der Waals surface area contributed by atoms with Crippen LogP contribution in [-0.2, 0) is 6.54 Å². The molecule has 0 aromatic heterocycles. The minimum absolute atomic E-state index is 0.239. The van der Waals surface area contributed by atoms with Gasteiger partial charge in [0.15, 0.2) is 11.6 Å². The maximum absolute atomic E-state index is 12.6. The lowest BCUT2D eigenvalue weighted by atomic mass is 10.2. The van der Waals surface area contributed by atoms with Crippen LogP contribution < -0.4 is 5.32 Å². The summed E-state index contributed by atoms with van der Waals surface area (Å²) in [4.78, 5) is 0. The second-order valence-corrected chi connectivity index (χ2v) is 2.80. The topological polar surface area (TPSA) is 12.0 Å². The van der Waals surface area contributed by atoms with E-state index >= 15 is 0 Å². The van der Waals surface area contributed by atoms with E-state index in [-0.39, 0.29) is 5.02 Å². The Hall–Kier alpha value is -0.670. The third kappa shape index (κ3) is 1.93. The second-order valence-electron chi connectivity index (χ2n) is 2.39. The lowest BCUT2D eigenvalue weighted by Crippen LogP contribution is -2.06. The molecule has 0 atom stereocenters. The molecule has 0 radical (unpaired) electrons. The van der Waals surface area contributed by atoms with Crippen molar-refractivity contribution in [1.82, 2.24) is 5.32 Å². The van der Waals surface area contributed by atoms with E-state index in [1.165, 1.54) is 0 Å². The number of nitrogens with one attached hydrogen (secondary N) is 1. The Kier molecular flexibility index (Phi) is 3.00. The fourth-order valence-corrected chi connectivity index (χ4v) is 1.11. The molecule has 0 aliphatic rings. The van der Waals surface area contributed by atoms with Crippen molar-refractivity contribution in [1.29, 1.82) is 0 Å². The second kappa shape index (κ2) is 3.83. The number of benzene rings is 1. The maximum Gasteiger partial charge on any atom is 0.160 e. The summed E-state index contributed by atoms with van der Waals surface area (Å²) in [5.74, 6) is -1.79. The molecule has 0 spiro atoms.